The van der Waals surface area contributed by atoms with Crippen LogP contribution in [0, 0.1) is 17.1 Å². The molecule has 0 fully saturated rings. The molecule has 21 heavy (non-hydrogen) atoms. The van der Waals surface area contributed by atoms with Gasteiger partial charge in [-0.1, -0.05) is 0 Å². The summed E-state index contributed by atoms with van der Waals surface area (Å²) < 4.78 is 14.3. The van der Waals surface area contributed by atoms with Crippen LogP contribution in [0.4, 0.5) is 4.39 Å². The molecule has 0 radical (unpaired) electrons. The van der Waals surface area contributed by atoms with Gasteiger partial charge < -0.3 is 0 Å². The van der Waals surface area contributed by atoms with Crippen LogP contribution in [-0.4, -0.2) is 25.2 Å². The van der Waals surface area contributed by atoms with E-state index in [4.69, 9.17) is 5.26 Å². The predicted octanol–water partition coefficient (Wildman–Crippen LogP) is 2.50. The summed E-state index contributed by atoms with van der Waals surface area (Å²) >= 11 is 3.29. The van der Waals surface area contributed by atoms with E-state index in [0.29, 0.717) is 17.2 Å². The van der Waals surface area contributed by atoms with Crippen molar-refractivity contribution in [2.45, 2.75) is 0 Å². The van der Waals surface area contributed by atoms with E-state index in [0.717, 1.165) is 15.3 Å². The van der Waals surface area contributed by atoms with E-state index in [1.165, 1.54) is 12.1 Å². The second kappa shape index (κ2) is 5.38. The molecule has 8 heteroatoms. The fourth-order valence-corrected chi connectivity index (χ4v) is 1.92. The molecule has 3 aromatic rings. The number of nitriles is 1. The third-order valence-electron chi connectivity index (χ3n) is 2.61. The maximum absolute atomic E-state index is 13.4. The topological polar surface area (TPSA) is 80.3 Å². The summed E-state index contributed by atoms with van der Waals surface area (Å²) in [6.45, 7) is 0. The van der Waals surface area contributed by atoms with Gasteiger partial charge in [-0.05, 0) is 45.4 Å². The van der Waals surface area contributed by atoms with Gasteiger partial charge in [0.2, 0.25) is 5.82 Å². The zero-order valence-electron chi connectivity index (χ0n) is 10.4. The van der Waals surface area contributed by atoms with E-state index in [-0.39, 0.29) is 5.56 Å². The van der Waals surface area contributed by atoms with E-state index in [1.54, 1.807) is 18.3 Å². The van der Waals surface area contributed by atoms with Crippen molar-refractivity contribution in [1.29, 1.82) is 5.26 Å². The summed E-state index contributed by atoms with van der Waals surface area (Å²) in [5, 5.41) is 20.7. The first-order chi connectivity index (χ1) is 10.2. The van der Waals surface area contributed by atoms with Crippen molar-refractivity contribution in [3.8, 4) is 23.3 Å². The molecular weight excluding hydrogens is 339 g/mol. The highest BCUT2D eigenvalue weighted by Gasteiger charge is 2.10. The van der Waals surface area contributed by atoms with Crippen LogP contribution < -0.4 is 0 Å². The molecule has 1 aromatic carbocycles. The van der Waals surface area contributed by atoms with Gasteiger partial charge in [-0.2, -0.15) is 5.26 Å². The molecule has 0 spiro atoms. The lowest BCUT2D eigenvalue weighted by molar-refractivity contribution is 0.620. The Morgan fingerprint density at radius 2 is 2.10 bits per heavy atom. The van der Waals surface area contributed by atoms with Crippen LogP contribution in [0.25, 0.3) is 17.2 Å². The Labute approximate surface area is 127 Å². The molecule has 0 bridgehead atoms. The van der Waals surface area contributed by atoms with E-state index >= 15 is 0 Å². The van der Waals surface area contributed by atoms with Crippen molar-refractivity contribution in [1.82, 2.24) is 25.2 Å². The minimum atomic E-state index is -0.537. The number of rotatable bonds is 2. The van der Waals surface area contributed by atoms with Gasteiger partial charge in [-0.25, -0.2) is 4.39 Å². The molecule has 2 aromatic heterocycles. The van der Waals surface area contributed by atoms with Crippen molar-refractivity contribution in [3.05, 3.63) is 52.4 Å². The van der Waals surface area contributed by atoms with Crippen LogP contribution in [0.5, 0.6) is 0 Å². The number of halogens is 2. The van der Waals surface area contributed by atoms with Gasteiger partial charge in [0.25, 0.3) is 0 Å². The minimum Gasteiger partial charge on any atom is -0.252 e. The zero-order valence-corrected chi connectivity index (χ0v) is 12.0. The maximum atomic E-state index is 13.4. The van der Waals surface area contributed by atoms with Gasteiger partial charge in [0.1, 0.15) is 11.5 Å². The van der Waals surface area contributed by atoms with Crippen LogP contribution >= 0.6 is 15.9 Å². The predicted molar refractivity (Wildman–Crippen MR) is 74.8 cm³/mol. The average molecular weight is 345 g/mol. The van der Waals surface area contributed by atoms with Crippen molar-refractivity contribution < 1.29 is 4.39 Å². The Bertz CT molecular complexity index is 837. The Hall–Kier alpha value is -2.66. The van der Waals surface area contributed by atoms with Crippen molar-refractivity contribution >= 4 is 15.9 Å². The summed E-state index contributed by atoms with van der Waals surface area (Å²) in [6.07, 6.45) is 1.62. The number of aromatic nitrogens is 5. The molecule has 0 aliphatic heterocycles. The van der Waals surface area contributed by atoms with Crippen molar-refractivity contribution in [2.24, 2.45) is 0 Å². The van der Waals surface area contributed by atoms with E-state index < -0.39 is 5.82 Å². The zero-order chi connectivity index (χ0) is 14.8. The first-order valence-electron chi connectivity index (χ1n) is 5.79. The highest BCUT2D eigenvalue weighted by molar-refractivity contribution is 9.10. The van der Waals surface area contributed by atoms with E-state index in [9.17, 15) is 4.39 Å². The molecule has 0 saturated heterocycles. The Kier molecular flexibility index (Phi) is 3.41. The normalized spacial score (nSPS) is 10.3. The first kappa shape index (κ1) is 13.3. The average Bonchev–Trinajstić information content (AvgIpc) is 2.97. The van der Waals surface area contributed by atoms with Gasteiger partial charge in [0, 0.05) is 16.7 Å². The standard InChI is InChI=1S/C13H6BrFN6/c14-9-1-2-12(17-7-9)13-18-20-21(19-13)11-4-8(6-16)3-10(15)5-11/h1-5,7H. The van der Waals surface area contributed by atoms with E-state index in [2.05, 4.69) is 36.3 Å². The molecule has 0 unspecified atom stereocenters. The lowest BCUT2D eigenvalue weighted by Gasteiger charge is -1.99. The molecule has 0 aliphatic rings. The van der Waals surface area contributed by atoms with Gasteiger partial charge >= 0.3 is 0 Å². The third kappa shape index (κ3) is 2.78. The van der Waals surface area contributed by atoms with Gasteiger partial charge in [-0.3, -0.25) is 4.98 Å². The van der Waals surface area contributed by atoms with E-state index in [1.807, 2.05) is 6.07 Å². The first-order valence-corrected chi connectivity index (χ1v) is 6.58. The molecular formula is C13H6BrFN6. The van der Waals surface area contributed by atoms with Gasteiger partial charge in [-0.15, -0.1) is 15.0 Å². The number of tetrazole rings is 1. The molecule has 102 valence electrons. The monoisotopic (exact) mass is 344 g/mol. The molecule has 0 aliphatic carbocycles. The molecule has 0 N–H and O–H groups in total. The molecule has 2 heterocycles. The van der Waals surface area contributed by atoms with Crippen LogP contribution in [0.3, 0.4) is 0 Å². The summed E-state index contributed by atoms with van der Waals surface area (Å²) in [5.41, 5.74) is 1.05. The van der Waals surface area contributed by atoms with Crippen LogP contribution in [0.15, 0.2) is 41.0 Å². The minimum absolute atomic E-state index is 0.186. The van der Waals surface area contributed by atoms with Crippen LogP contribution in [-0.2, 0) is 0 Å². The number of nitrogens with zero attached hydrogens (tertiary/aromatic N) is 6. The molecule has 0 amide bonds. The SMILES string of the molecule is N#Cc1cc(F)cc(-n2nnc(-c3ccc(Br)cn3)n2)c1. The summed E-state index contributed by atoms with van der Waals surface area (Å²) in [4.78, 5) is 5.31. The largest absolute Gasteiger partial charge is 0.252 e. The molecule has 3 rings (SSSR count). The highest BCUT2D eigenvalue weighted by atomic mass is 79.9. The molecule has 0 atom stereocenters. The quantitative estimate of drug-likeness (QED) is 0.713. The summed E-state index contributed by atoms with van der Waals surface area (Å²) in [6, 6.07) is 9.25. The lowest BCUT2D eigenvalue weighted by Crippen LogP contribution is -2.00. The van der Waals surface area contributed by atoms with Crippen molar-refractivity contribution in [3.63, 3.8) is 0 Å². The van der Waals surface area contributed by atoms with Gasteiger partial charge in [0.15, 0.2) is 0 Å². The Balaban J connectivity index is 2.00. The molecule has 0 saturated carbocycles. The second-order valence-electron chi connectivity index (χ2n) is 4.07. The van der Waals surface area contributed by atoms with Crippen LogP contribution in [0.1, 0.15) is 5.56 Å². The van der Waals surface area contributed by atoms with Crippen LogP contribution in [0.2, 0.25) is 0 Å². The number of pyridine rings is 1. The summed E-state index contributed by atoms with van der Waals surface area (Å²) in [5.74, 6) is -0.227. The van der Waals surface area contributed by atoms with Gasteiger partial charge in [0.05, 0.1) is 17.3 Å². The fraction of sp³-hybridized carbons (Fsp3) is 0. The number of hydrogen-bond acceptors (Lipinski definition) is 5. The molecule has 6 nitrogen and oxygen atoms in total. The maximum Gasteiger partial charge on any atom is 0.223 e. The Morgan fingerprint density at radius 3 is 2.81 bits per heavy atom. The Morgan fingerprint density at radius 1 is 1.24 bits per heavy atom. The number of hydrogen-bond donors (Lipinski definition) is 0. The lowest BCUT2D eigenvalue weighted by atomic mass is 10.2. The smallest absolute Gasteiger partial charge is 0.223 e. The third-order valence-corrected chi connectivity index (χ3v) is 3.08. The second-order valence-corrected chi connectivity index (χ2v) is 4.99. The fourth-order valence-electron chi connectivity index (χ4n) is 1.69. The highest BCUT2D eigenvalue weighted by Crippen LogP contribution is 2.16. The summed E-state index contributed by atoms with van der Waals surface area (Å²) in [7, 11) is 0. The number of benzene rings is 1. The van der Waals surface area contributed by atoms with Crippen molar-refractivity contribution in [2.75, 3.05) is 0 Å².